The molecule has 148 valence electrons. The summed E-state index contributed by atoms with van der Waals surface area (Å²) in [6, 6.07) is 28.6. The van der Waals surface area contributed by atoms with Crippen molar-refractivity contribution in [1.29, 1.82) is 0 Å². The van der Waals surface area contributed by atoms with Gasteiger partial charge in [0.05, 0.1) is 0 Å². The Kier molecular flexibility index (Phi) is 4.34. The lowest BCUT2D eigenvalue weighted by atomic mass is 9.82. The van der Waals surface area contributed by atoms with Gasteiger partial charge >= 0.3 is 0 Å². The van der Waals surface area contributed by atoms with E-state index in [0.717, 1.165) is 17.6 Å². The lowest BCUT2D eigenvalue weighted by Gasteiger charge is -2.22. The van der Waals surface area contributed by atoms with Crippen LogP contribution in [0.1, 0.15) is 54.7 Å². The van der Waals surface area contributed by atoms with Crippen molar-refractivity contribution < 1.29 is 4.42 Å². The predicted octanol–water partition coefficient (Wildman–Crippen LogP) is 8.38. The molecule has 0 saturated heterocycles. The number of benzene rings is 4. The van der Waals surface area contributed by atoms with Crippen molar-refractivity contribution >= 4 is 32.7 Å². The third kappa shape index (κ3) is 2.92. The molecule has 5 aromatic rings. The van der Waals surface area contributed by atoms with E-state index >= 15 is 0 Å². The van der Waals surface area contributed by atoms with E-state index in [1.807, 2.05) is 0 Å². The molecule has 0 amide bonds. The number of furan rings is 1. The summed E-state index contributed by atoms with van der Waals surface area (Å²) in [5.74, 6) is 0.615. The zero-order valence-corrected chi connectivity index (χ0v) is 17.2. The van der Waals surface area contributed by atoms with E-state index in [1.165, 1.54) is 70.3 Å². The van der Waals surface area contributed by atoms with Crippen molar-refractivity contribution in [3.63, 3.8) is 0 Å². The third-order valence-corrected chi connectivity index (χ3v) is 6.88. The van der Waals surface area contributed by atoms with Gasteiger partial charge < -0.3 is 4.42 Å². The highest BCUT2D eigenvalue weighted by Gasteiger charge is 2.23. The average molecular weight is 391 g/mol. The molecule has 0 spiro atoms. The first-order valence-corrected chi connectivity index (χ1v) is 11.3. The summed E-state index contributed by atoms with van der Waals surface area (Å²) in [4.78, 5) is 0. The molecule has 1 saturated carbocycles. The third-order valence-electron chi connectivity index (χ3n) is 6.88. The van der Waals surface area contributed by atoms with Crippen molar-refractivity contribution in [1.82, 2.24) is 0 Å². The number of rotatable bonds is 3. The number of hydrogen-bond acceptors (Lipinski definition) is 1. The number of para-hydroxylation sites is 1. The fourth-order valence-electron chi connectivity index (χ4n) is 5.40. The van der Waals surface area contributed by atoms with Crippen molar-refractivity contribution in [2.24, 2.45) is 0 Å². The van der Waals surface area contributed by atoms with Crippen LogP contribution in [0.15, 0.2) is 83.3 Å². The Morgan fingerprint density at radius 2 is 1.47 bits per heavy atom. The fourth-order valence-corrected chi connectivity index (χ4v) is 5.40. The smallest absolute Gasteiger partial charge is 0.139 e. The quantitative estimate of drug-likeness (QED) is 0.301. The summed E-state index contributed by atoms with van der Waals surface area (Å²) < 4.78 is 6.75. The lowest BCUT2D eigenvalue weighted by Crippen LogP contribution is -2.04. The van der Waals surface area contributed by atoms with Gasteiger partial charge in [-0.15, -0.1) is 0 Å². The van der Waals surface area contributed by atoms with Crippen molar-refractivity contribution in [2.75, 3.05) is 0 Å². The van der Waals surface area contributed by atoms with Gasteiger partial charge in [-0.3, -0.25) is 0 Å². The second kappa shape index (κ2) is 7.32. The molecule has 30 heavy (non-hydrogen) atoms. The maximum atomic E-state index is 6.75. The molecule has 1 fully saturated rings. The van der Waals surface area contributed by atoms with Gasteiger partial charge in [0.15, 0.2) is 0 Å². The molecule has 0 bridgehead atoms. The highest BCUT2D eigenvalue weighted by Crippen LogP contribution is 2.43. The van der Waals surface area contributed by atoms with Gasteiger partial charge in [-0.25, -0.2) is 0 Å². The first-order valence-electron chi connectivity index (χ1n) is 11.3. The second-order valence-electron chi connectivity index (χ2n) is 8.78. The van der Waals surface area contributed by atoms with Gasteiger partial charge in [0, 0.05) is 17.2 Å². The Balaban J connectivity index is 1.63. The molecule has 4 aromatic carbocycles. The minimum absolute atomic E-state index is 0.615. The van der Waals surface area contributed by atoms with Crippen molar-refractivity contribution in [3.8, 4) is 0 Å². The van der Waals surface area contributed by atoms with Crippen molar-refractivity contribution in [3.05, 3.63) is 95.6 Å². The van der Waals surface area contributed by atoms with E-state index in [4.69, 9.17) is 4.42 Å². The molecule has 0 unspecified atom stereocenters. The molecule has 1 aromatic heterocycles. The van der Waals surface area contributed by atoms with Crippen molar-refractivity contribution in [2.45, 2.75) is 44.4 Å². The van der Waals surface area contributed by atoms with E-state index in [2.05, 4.69) is 78.9 Å². The molecule has 1 heteroatoms. The first-order chi connectivity index (χ1) is 14.9. The van der Waals surface area contributed by atoms with Gasteiger partial charge in [-0.05, 0) is 52.3 Å². The molecule has 0 atom stereocenters. The summed E-state index contributed by atoms with van der Waals surface area (Å²) in [6.45, 7) is 0. The predicted molar refractivity (Wildman–Crippen MR) is 126 cm³/mol. The Hall–Kier alpha value is -3.06. The molecule has 0 radical (unpaired) electrons. The van der Waals surface area contributed by atoms with Gasteiger partial charge in [0.25, 0.3) is 0 Å². The first kappa shape index (κ1) is 17.8. The molecular weight excluding hydrogens is 364 g/mol. The lowest BCUT2D eigenvalue weighted by molar-refractivity contribution is 0.442. The SMILES string of the molecule is c1ccc(Cc2cccc3c2oc2c(C4CCCCC4)cc4ccccc4c23)cc1. The standard InChI is InChI=1S/C29H26O/c1-3-10-20(11-4-1)18-23-15-9-17-25-27-24-16-8-7-14-22(24)19-26(29(27)30-28(23)25)21-12-5-2-6-13-21/h1,3-4,7-11,14-17,19,21H,2,5-6,12-13,18H2. The molecule has 1 aliphatic carbocycles. The minimum atomic E-state index is 0.615. The van der Waals surface area contributed by atoms with Crippen LogP contribution in [0.25, 0.3) is 32.7 Å². The monoisotopic (exact) mass is 390 g/mol. The number of fused-ring (bicyclic) bond motifs is 5. The second-order valence-corrected chi connectivity index (χ2v) is 8.78. The van der Waals surface area contributed by atoms with Crippen LogP contribution in [0.4, 0.5) is 0 Å². The van der Waals surface area contributed by atoms with Crippen LogP contribution < -0.4 is 0 Å². The summed E-state index contributed by atoms with van der Waals surface area (Å²) in [6.07, 6.45) is 7.49. The van der Waals surface area contributed by atoms with Crippen LogP contribution in [-0.2, 0) is 6.42 Å². The topological polar surface area (TPSA) is 13.1 Å². The van der Waals surface area contributed by atoms with Crippen LogP contribution in [0.3, 0.4) is 0 Å². The number of hydrogen-bond donors (Lipinski definition) is 0. The van der Waals surface area contributed by atoms with E-state index in [9.17, 15) is 0 Å². The molecular formula is C29H26O. The van der Waals surface area contributed by atoms with Gasteiger partial charge in [0.2, 0.25) is 0 Å². The zero-order chi connectivity index (χ0) is 19.9. The Labute approximate surface area is 177 Å². The average Bonchev–Trinajstić information content (AvgIpc) is 3.21. The molecule has 0 aliphatic heterocycles. The highest BCUT2D eigenvalue weighted by atomic mass is 16.3. The van der Waals surface area contributed by atoms with Crippen LogP contribution in [0.2, 0.25) is 0 Å². The maximum Gasteiger partial charge on any atom is 0.139 e. The maximum absolute atomic E-state index is 6.75. The van der Waals surface area contributed by atoms with E-state index < -0.39 is 0 Å². The Bertz CT molecular complexity index is 1340. The molecule has 6 rings (SSSR count). The Morgan fingerprint density at radius 3 is 2.33 bits per heavy atom. The largest absolute Gasteiger partial charge is 0.455 e. The molecule has 1 nitrogen and oxygen atoms in total. The normalized spacial score (nSPS) is 15.3. The van der Waals surface area contributed by atoms with Gasteiger partial charge in [0.1, 0.15) is 11.2 Å². The van der Waals surface area contributed by atoms with Crippen LogP contribution >= 0.6 is 0 Å². The summed E-state index contributed by atoms with van der Waals surface area (Å²) >= 11 is 0. The van der Waals surface area contributed by atoms with Gasteiger partial charge in [-0.1, -0.05) is 92.1 Å². The molecule has 1 heterocycles. The molecule has 0 N–H and O–H groups in total. The van der Waals surface area contributed by atoms with Gasteiger partial charge in [-0.2, -0.15) is 0 Å². The van der Waals surface area contributed by atoms with Crippen LogP contribution in [-0.4, -0.2) is 0 Å². The summed E-state index contributed by atoms with van der Waals surface area (Å²) in [5, 5.41) is 5.20. The summed E-state index contributed by atoms with van der Waals surface area (Å²) in [7, 11) is 0. The van der Waals surface area contributed by atoms with E-state index in [-0.39, 0.29) is 0 Å². The molecule has 1 aliphatic rings. The summed E-state index contributed by atoms with van der Waals surface area (Å²) in [5.41, 5.74) is 6.20. The Morgan fingerprint density at radius 1 is 0.700 bits per heavy atom. The fraction of sp³-hybridized carbons (Fsp3) is 0.241. The minimum Gasteiger partial charge on any atom is -0.455 e. The van der Waals surface area contributed by atoms with E-state index in [0.29, 0.717) is 5.92 Å². The van der Waals surface area contributed by atoms with Crippen LogP contribution in [0.5, 0.6) is 0 Å². The highest BCUT2D eigenvalue weighted by molar-refractivity contribution is 6.20. The van der Waals surface area contributed by atoms with Crippen LogP contribution in [0, 0.1) is 0 Å². The zero-order valence-electron chi connectivity index (χ0n) is 17.2. The van der Waals surface area contributed by atoms with E-state index in [1.54, 1.807) is 0 Å².